The third-order valence-electron chi connectivity index (χ3n) is 4.07. The molecule has 0 aliphatic rings. The molecule has 0 aliphatic heterocycles. The highest BCUT2D eigenvalue weighted by atomic mass is 79.9. The average Bonchev–Trinajstić information content (AvgIpc) is 2.55. The average molecular weight is 369 g/mol. The highest BCUT2D eigenvalue weighted by molar-refractivity contribution is 9.10. The third kappa shape index (κ3) is 3.09. The summed E-state index contributed by atoms with van der Waals surface area (Å²) < 4.78 is 12.9. The molecule has 0 aromatic heterocycles. The van der Waals surface area contributed by atoms with E-state index in [1.165, 1.54) is 23.3 Å². The Balaban J connectivity index is 2.27. The Hall–Kier alpha value is -1.93. The van der Waals surface area contributed by atoms with E-state index in [0.29, 0.717) is 0 Å². The second-order valence-electron chi connectivity index (χ2n) is 5.90. The summed E-state index contributed by atoms with van der Waals surface area (Å²) >= 11 is 3.98. The molecule has 2 heteroatoms. The maximum Gasteiger partial charge on any atom is 0.123 e. The second kappa shape index (κ2) is 6.29. The van der Waals surface area contributed by atoms with Crippen molar-refractivity contribution in [2.45, 2.75) is 18.2 Å². The Kier molecular flexibility index (Phi) is 4.36. The highest BCUT2D eigenvalue weighted by Crippen LogP contribution is 2.45. The van der Waals surface area contributed by atoms with Crippen molar-refractivity contribution in [2.75, 3.05) is 0 Å². The van der Waals surface area contributed by atoms with Crippen molar-refractivity contribution in [2.24, 2.45) is 0 Å². The van der Waals surface area contributed by atoms with Gasteiger partial charge < -0.3 is 0 Å². The molecule has 0 amide bonds. The van der Waals surface area contributed by atoms with Crippen LogP contribution in [-0.4, -0.2) is 0 Å². The van der Waals surface area contributed by atoms with Crippen LogP contribution in [0, 0.1) is 19.7 Å². The summed E-state index contributed by atoms with van der Waals surface area (Å²) in [5, 5.41) is 0. The summed E-state index contributed by atoms with van der Waals surface area (Å²) in [5.41, 5.74) is 5.67. The number of hydrogen-bond donors (Lipinski definition) is 0. The maximum atomic E-state index is 13.4. The number of rotatable bonds is 3. The van der Waals surface area contributed by atoms with Crippen molar-refractivity contribution in [3.8, 4) is 0 Å². The second-order valence-corrected chi connectivity index (χ2v) is 7.09. The predicted octanol–water partition coefficient (Wildman–Crippen LogP) is 6.13. The van der Waals surface area contributed by atoms with Crippen molar-refractivity contribution in [3.63, 3.8) is 0 Å². The molecule has 3 rings (SSSR count). The molecule has 0 N–H and O–H groups in total. The Morgan fingerprint density at radius 1 is 0.696 bits per heavy atom. The molecule has 0 radical (unpaired) electrons. The van der Waals surface area contributed by atoms with Gasteiger partial charge in [0.25, 0.3) is 0 Å². The smallest absolute Gasteiger partial charge is 0.123 e. The fraction of sp³-hybridized carbons (Fsp3) is 0.143. The first kappa shape index (κ1) is 15.9. The van der Waals surface area contributed by atoms with Gasteiger partial charge in [-0.25, -0.2) is 4.39 Å². The Labute approximate surface area is 145 Å². The van der Waals surface area contributed by atoms with Crippen LogP contribution in [0.15, 0.2) is 72.8 Å². The van der Waals surface area contributed by atoms with Gasteiger partial charge in [0, 0.05) is 0 Å². The molecule has 0 fully saturated rings. The van der Waals surface area contributed by atoms with E-state index < -0.39 is 4.32 Å². The largest absolute Gasteiger partial charge is 0.207 e. The molecule has 0 saturated heterocycles. The summed E-state index contributed by atoms with van der Waals surface area (Å²) in [6.07, 6.45) is 0. The molecule has 0 atom stereocenters. The summed E-state index contributed by atoms with van der Waals surface area (Å²) in [5.74, 6) is -0.225. The van der Waals surface area contributed by atoms with Crippen molar-refractivity contribution in [3.05, 3.63) is 106 Å². The van der Waals surface area contributed by atoms with Crippen LogP contribution in [0.5, 0.6) is 0 Å². The van der Waals surface area contributed by atoms with Gasteiger partial charge in [-0.3, -0.25) is 0 Å². The number of benzene rings is 3. The Morgan fingerprint density at radius 2 is 1.17 bits per heavy atom. The quantitative estimate of drug-likeness (QED) is 0.385. The van der Waals surface area contributed by atoms with Crippen molar-refractivity contribution < 1.29 is 4.39 Å². The van der Waals surface area contributed by atoms with Gasteiger partial charge in [0.15, 0.2) is 0 Å². The van der Waals surface area contributed by atoms with Gasteiger partial charge in [0.2, 0.25) is 0 Å². The number of hydrogen-bond acceptors (Lipinski definition) is 0. The normalized spacial score (nSPS) is 11.5. The van der Waals surface area contributed by atoms with Crippen LogP contribution in [0.3, 0.4) is 0 Å². The van der Waals surface area contributed by atoms with Crippen molar-refractivity contribution in [1.82, 2.24) is 0 Å². The fourth-order valence-electron chi connectivity index (χ4n) is 2.90. The minimum absolute atomic E-state index is 0.225. The van der Waals surface area contributed by atoms with Gasteiger partial charge >= 0.3 is 0 Å². The molecule has 0 heterocycles. The van der Waals surface area contributed by atoms with Crippen LogP contribution in [0.2, 0.25) is 0 Å². The van der Waals surface area contributed by atoms with E-state index in [4.69, 9.17) is 0 Å². The van der Waals surface area contributed by atoms with Crippen LogP contribution in [0.25, 0.3) is 0 Å². The minimum Gasteiger partial charge on any atom is -0.207 e. The predicted molar refractivity (Wildman–Crippen MR) is 97.6 cm³/mol. The third-order valence-corrected chi connectivity index (χ3v) is 5.45. The van der Waals surface area contributed by atoms with E-state index in [-0.39, 0.29) is 5.82 Å². The molecule has 0 nitrogen and oxygen atoms in total. The number of halogens is 2. The topological polar surface area (TPSA) is 0 Å². The van der Waals surface area contributed by atoms with Crippen LogP contribution in [0.4, 0.5) is 4.39 Å². The summed E-state index contributed by atoms with van der Waals surface area (Å²) in [7, 11) is 0. The van der Waals surface area contributed by atoms with E-state index in [9.17, 15) is 4.39 Å². The zero-order chi connectivity index (χ0) is 16.4. The lowest BCUT2D eigenvalue weighted by atomic mass is 9.84. The van der Waals surface area contributed by atoms with Crippen molar-refractivity contribution in [1.29, 1.82) is 0 Å². The molecule has 0 bridgehead atoms. The Morgan fingerprint density at radius 3 is 1.61 bits per heavy atom. The SMILES string of the molecule is Cc1cccc(C(Br)(c2ccc(F)cc2)c2cccc(C)c2)c1. The van der Waals surface area contributed by atoms with Gasteiger partial charge in [0.05, 0.1) is 0 Å². The highest BCUT2D eigenvalue weighted by Gasteiger charge is 2.33. The lowest BCUT2D eigenvalue weighted by Gasteiger charge is -2.30. The summed E-state index contributed by atoms with van der Waals surface area (Å²) in [6.45, 7) is 4.16. The maximum absolute atomic E-state index is 13.4. The van der Waals surface area contributed by atoms with Gasteiger partial charge in [-0.05, 0) is 42.7 Å². The van der Waals surface area contributed by atoms with E-state index in [1.54, 1.807) is 0 Å². The molecule has 0 unspecified atom stereocenters. The molecule has 3 aromatic carbocycles. The van der Waals surface area contributed by atoms with E-state index >= 15 is 0 Å². The molecule has 0 saturated carbocycles. The van der Waals surface area contributed by atoms with E-state index in [1.807, 2.05) is 12.1 Å². The molecule has 23 heavy (non-hydrogen) atoms. The molecule has 0 aliphatic carbocycles. The van der Waals surface area contributed by atoms with Gasteiger partial charge in [-0.1, -0.05) is 87.7 Å². The zero-order valence-corrected chi connectivity index (χ0v) is 14.8. The number of aryl methyl sites for hydroxylation is 2. The first-order valence-corrected chi connectivity index (χ1v) is 8.39. The summed E-state index contributed by atoms with van der Waals surface area (Å²) in [4.78, 5) is 0. The van der Waals surface area contributed by atoms with Gasteiger partial charge in [-0.2, -0.15) is 0 Å². The zero-order valence-electron chi connectivity index (χ0n) is 13.2. The monoisotopic (exact) mass is 368 g/mol. The fourth-order valence-corrected chi connectivity index (χ4v) is 3.66. The standard InChI is InChI=1S/C21H18BrF/c1-15-5-3-7-18(13-15)21(22,17-9-11-20(23)12-10-17)19-8-4-6-16(2)14-19/h3-14H,1-2H3. The van der Waals surface area contributed by atoms with Crippen molar-refractivity contribution >= 4 is 15.9 Å². The van der Waals surface area contributed by atoms with E-state index in [0.717, 1.165) is 16.7 Å². The van der Waals surface area contributed by atoms with Crippen LogP contribution in [-0.2, 0) is 4.32 Å². The molecular formula is C21H18BrF. The summed E-state index contributed by atoms with van der Waals surface area (Å²) in [6, 6.07) is 23.5. The van der Waals surface area contributed by atoms with Gasteiger partial charge in [0.1, 0.15) is 10.1 Å². The first-order chi connectivity index (χ1) is 11.0. The number of alkyl halides is 1. The molecule has 0 spiro atoms. The van der Waals surface area contributed by atoms with Crippen LogP contribution >= 0.6 is 15.9 Å². The molecule has 116 valence electrons. The van der Waals surface area contributed by atoms with Gasteiger partial charge in [-0.15, -0.1) is 0 Å². The molecular weight excluding hydrogens is 351 g/mol. The molecule has 3 aromatic rings. The van der Waals surface area contributed by atoms with Crippen LogP contribution < -0.4 is 0 Å². The minimum atomic E-state index is -0.501. The lowest BCUT2D eigenvalue weighted by Crippen LogP contribution is -2.22. The van der Waals surface area contributed by atoms with Crippen LogP contribution in [0.1, 0.15) is 27.8 Å². The lowest BCUT2D eigenvalue weighted by molar-refractivity contribution is 0.626. The van der Waals surface area contributed by atoms with E-state index in [2.05, 4.69) is 78.3 Å². The Bertz CT molecular complexity index is 776. The first-order valence-electron chi connectivity index (χ1n) is 7.59.